The van der Waals surface area contributed by atoms with E-state index >= 15 is 0 Å². The summed E-state index contributed by atoms with van der Waals surface area (Å²) < 4.78 is 24.0. The van der Waals surface area contributed by atoms with Crippen LogP contribution < -0.4 is 0 Å². The molecular formula is C15H22FNO4. The van der Waals surface area contributed by atoms with Crippen LogP contribution in [0.5, 0.6) is 0 Å². The first-order chi connectivity index (χ1) is 10.1. The van der Waals surface area contributed by atoms with Crippen LogP contribution in [-0.4, -0.2) is 42.8 Å². The monoisotopic (exact) mass is 299 g/mol. The average molecular weight is 299 g/mol. The molecule has 0 aromatic heterocycles. The molecule has 2 fully saturated rings. The summed E-state index contributed by atoms with van der Waals surface area (Å²) in [5.74, 6) is -1.17. The number of carbonyl (C=O) groups is 2. The second kappa shape index (κ2) is 6.91. The van der Waals surface area contributed by atoms with Crippen molar-refractivity contribution in [1.29, 1.82) is 0 Å². The van der Waals surface area contributed by atoms with Crippen LogP contribution >= 0.6 is 0 Å². The number of carbonyl (C=O) groups excluding carboxylic acids is 2. The lowest BCUT2D eigenvalue weighted by atomic mass is 9.67. The normalized spacial score (nSPS) is 29.4. The van der Waals surface area contributed by atoms with Gasteiger partial charge in [-0.1, -0.05) is 13.0 Å². The van der Waals surface area contributed by atoms with E-state index in [1.54, 1.807) is 11.8 Å². The predicted octanol–water partition coefficient (Wildman–Crippen LogP) is 2.52. The summed E-state index contributed by atoms with van der Waals surface area (Å²) in [5, 5.41) is 0. The van der Waals surface area contributed by atoms with Crippen molar-refractivity contribution in [3.8, 4) is 0 Å². The molecule has 6 heteroatoms. The lowest BCUT2D eigenvalue weighted by molar-refractivity contribution is -0.155. The molecule has 1 aliphatic heterocycles. The van der Waals surface area contributed by atoms with Crippen LogP contribution in [0.25, 0.3) is 0 Å². The zero-order chi connectivity index (χ0) is 15.4. The van der Waals surface area contributed by atoms with Crippen molar-refractivity contribution in [2.24, 2.45) is 17.8 Å². The quantitative estimate of drug-likeness (QED) is 0.591. The Morgan fingerprint density at radius 3 is 2.52 bits per heavy atom. The van der Waals surface area contributed by atoms with Crippen molar-refractivity contribution in [3.63, 3.8) is 0 Å². The van der Waals surface area contributed by atoms with Gasteiger partial charge in [-0.25, -0.2) is 14.0 Å². The summed E-state index contributed by atoms with van der Waals surface area (Å²) in [6.07, 6.45) is 1.69. The number of hydrogen-bond donors (Lipinski definition) is 0. The Kier molecular flexibility index (Phi) is 5.20. The van der Waals surface area contributed by atoms with E-state index in [4.69, 9.17) is 9.47 Å². The van der Waals surface area contributed by atoms with Crippen LogP contribution in [0.2, 0.25) is 0 Å². The molecule has 1 saturated heterocycles. The average Bonchev–Trinajstić information content (AvgIpc) is 2.45. The molecule has 0 aromatic rings. The molecule has 2 rings (SSSR count). The lowest BCUT2D eigenvalue weighted by Gasteiger charge is -2.47. The number of hydrogen-bond acceptors (Lipinski definition) is 4. The summed E-state index contributed by atoms with van der Waals surface area (Å²) in [7, 11) is 0. The molecule has 0 radical (unpaired) electrons. The summed E-state index contributed by atoms with van der Waals surface area (Å²) in [4.78, 5) is 25.1. The van der Waals surface area contributed by atoms with Gasteiger partial charge in [0.05, 0.1) is 12.9 Å². The van der Waals surface area contributed by atoms with Crippen LogP contribution in [0.15, 0.2) is 12.8 Å². The number of rotatable bonds is 4. The Balaban J connectivity index is 2.07. The van der Waals surface area contributed by atoms with Crippen molar-refractivity contribution >= 4 is 12.1 Å². The number of esters is 1. The van der Waals surface area contributed by atoms with Gasteiger partial charge in [-0.15, -0.1) is 0 Å². The Labute approximate surface area is 124 Å². The summed E-state index contributed by atoms with van der Waals surface area (Å²) in [5.41, 5.74) is 0. The molecule has 118 valence electrons. The second-order valence-corrected chi connectivity index (χ2v) is 5.64. The van der Waals surface area contributed by atoms with Crippen LogP contribution in [-0.2, 0) is 14.3 Å². The van der Waals surface area contributed by atoms with Crippen molar-refractivity contribution in [1.82, 2.24) is 4.90 Å². The zero-order valence-corrected chi connectivity index (χ0v) is 12.3. The maximum Gasteiger partial charge on any atom is 0.414 e. The van der Waals surface area contributed by atoms with Crippen molar-refractivity contribution in [3.05, 3.63) is 12.8 Å². The highest BCUT2D eigenvalue weighted by atomic mass is 19.1. The maximum absolute atomic E-state index is 14.4. The minimum Gasteiger partial charge on any atom is -0.464 e. The predicted molar refractivity (Wildman–Crippen MR) is 74.1 cm³/mol. The molecule has 21 heavy (non-hydrogen) atoms. The first kappa shape index (κ1) is 15.8. The summed E-state index contributed by atoms with van der Waals surface area (Å²) in [6, 6.07) is 0. The van der Waals surface area contributed by atoms with E-state index < -0.39 is 18.2 Å². The van der Waals surface area contributed by atoms with Gasteiger partial charge in [-0.2, -0.15) is 0 Å². The first-order valence-corrected chi connectivity index (χ1v) is 7.45. The first-order valence-electron chi connectivity index (χ1n) is 7.45. The Bertz CT molecular complexity index is 400. The highest BCUT2D eigenvalue weighted by molar-refractivity contribution is 5.75. The third-order valence-corrected chi connectivity index (χ3v) is 4.44. The molecule has 0 aromatic carbocycles. The molecule has 2 aliphatic rings. The molecule has 1 heterocycles. The fraction of sp³-hybridized carbons (Fsp3) is 0.733. The number of ether oxygens (including phenoxy) is 2. The molecule has 5 nitrogen and oxygen atoms in total. The van der Waals surface area contributed by atoms with Gasteiger partial charge in [-0.05, 0) is 31.6 Å². The number of amides is 1. The fourth-order valence-electron chi connectivity index (χ4n) is 3.63. The van der Waals surface area contributed by atoms with Gasteiger partial charge in [0.25, 0.3) is 0 Å². The molecule has 0 N–H and O–H groups in total. The number of alkyl halides is 1. The van der Waals surface area contributed by atoms with E-state index in [-0.39, 0.29) is 24.4 Å². The van der Waals surface area contributed by atoms with Crippen LogP contribution in [0, 0.1) is 17.8 Å². The maximum atomic E-state index is 14.4. The molecule has 1 aliphatic carbocycles. The zero-order valence-electron chi connectivity index (χ0n) is 12.3. The highest BCUT2D eigenvalue weighted by Gasteiger charge is 2.47. The van der Waals surface area contributed by atoms with Gasteiger partial charge in [0.15, 0.2) is 0 Å². The van der Waals surface area contributed by atoms with Crippen molar-refractivity contribution in [2.75, 3.05) is 19.7 Å². The van der Waals surface area contributed by atoms with Crippen LogP contribution in [0.4, 0.5) is 9.18 Å². The van der Waals surface area contributed by atoms with Crippen LogP contribution in [0.3, 0.4) is 0 Å². The fourth-order valence-corrected chi connectivity index (χ4v) is 3.63. The van der Waals surface area contributed by atoms with Crippen LogP contribution in [0.1, 0.15) is 26.2 Å². The number of piperidine rings is 1. The van der Waals surface area contributed by atoms with Gasteiger partial charge in [0, 0.05) is 19.0 Å². The van der Waals surface area contributed by atoms with Crippen molar-refractivity contribution < 1.29 is 23.5 Å². The Hall–Kier alpha value is -1.59. The number of likely N-dealkylation sites (tertiary alicyclic amines) is 1. The van der Waals surface area contributed by atoms with Gasteiger partial charge in [0.2, 0.25) is 6.17 Å². The van der Waals surface area contributed by atoms with E-state index in [0.717, 1.165) is 25.5 Å². The molecule has 3 atom stereocenters. The summed E-state index contributed by atoms with van der Waals surface area (Å²) >= 11 is 0. The molecule has 2 bridgehead atoms. The highest BCUT2D eigenvalue weighted by Crippen LogP contribution is 2.42. The smallest absolute Gasteiger partial charge is 0.414 e. The van der Waals surface area contributed by atoms with E-state index in [1.165, 1.54) is 0 Å². The molecular weight excluding hydrogens is 277 g/mol. The van der Waals surface area contributed by atoms with Gasteiger partial charge in [0.1, 0.15) is 0 Å². The standard InChI is InChI=1S/C15H22FNO4/c1-3-20-14(18)13(16)12-10-6-5-7-11(12)9-17(8-10)15(19)21-4-2/h4,10-13H,2-3,5-9H2,1H3. The van der Waals surface area contributed by atoms with Gasteiger partial charge >= 0.3 is 12.1 Å². The second-order valence-electron chi connectivity index (χ2n) is 5.64. The lowest BCUT2D eigenvalue weighted by Crippen LogP contribution is -2.54. The van der Waals surface area contributed by atoms with Gasteiger partial charge in [-0.3, -0.25) is 0 Å². The number of halogens is 1. The number of fused-ring (bicyclic) bond motifs is 2. The molecule has 0 spiro atoms. The van der Waals surface area contributed by atoms with Crippen molar-refractivity contribution in [2.45, 2.75) is 32.4 Å². The van der Waals surface area contributed by atoms with E-state index in [1.807, 2.05) is 0 Å². The van der Waals surface area contributed by atoms with Gasteiger partial charge < -0.3 is 14.4 Å². The molecule has 3 unspecified atom stereocenters. The van der Waals surface area contributed by atoms with E-state index in [2.05, 4.69) is 6.58 Å². The number of nitrogens with zero attached hydrogens (tertiary/aromatic N) is 1. The minimum atomic E-state index is -1.60. The molecule has 1 amide bonds. The largest absolute Gasteiger partial charge is 0.464 e. The van der Waals surface area contributed by atoms with E-state index in [9.17, 15) is 14.0 Å². The minimum absolute atomic E-state index is 0.0192. The third kappa shape index (κ3) is 3.36. The molecule has 1 saturated carbocycles. The topological polar surface area (TPSA) is 55.8 Å². The summed E-state index contributed by atoms with van der Waals surface area (Å²) in [6.45, 7) is 6.06. The SMILES string of the molecule is C=COC(=O)N1CC2CCCC(C1)C2C(F)C(=O)OCC. The Morgan fingerprint density at radius 2 is 2.00 bits per heavy atom. The Morgan fingerprint density at radius 1 is 1.38 bits per heavy atom. The third-order valence-electron chi connectivity index (χ3n) is 4.44. The van der Waals surface area contributed by atoms with E-state index in [0.29, 0.717) is 13.1 Å².